The molecule has 2 N–H and O–H groups in total. The number of carbonyl (C=O) groups excluding carboxylic acids is 1. The van der Waals surface area contributed by atoms with Gasteiger partial charge in [0, 0.05) is 20.2 Å². The van der Waals surface area contributed by atoms with E-state index in [4.69, 9.17) is 10.5 Å². The van der Waals surface area contributed by atoms with Crippen molar-refractivity contribution in [2.45, 2.75) is 38.8 Å². The van der Waals surface area contributed by atoms with Gasteiger partial charge in [0.2, 0.25) is 5.91 Å². The van der Waals surface area contributed by atoms with Gasteiger partial charge in [-0.2, -0.15) is 0 Å². The number of rotatable bonds is 2. The second-order valence-corrected chi connectivity index (χ2v) is 5.01. The lowest BCUT2D eigenvalue weighted by molar-refractivity contribution is -0.140. The highest BCUT2D eigenvalue weighted by Gasteiger charge is 2.33. The predicted molar refractivity (Wildman–Crippen MR) is 59.4 cm³/mol. The first kappa shape index (κ1) is 12.5. The highest BCUT2D eigenvalue weighted by atomic mass is 16.5. The third-order valence-corrected chi connectivity index (χ3v) is 3.03. The monoisotopic (exact) mass is 214 g/mol. The smallest absolute Gasteiger partial charge is 0.242 e. The molecule has 1 aliphatic heterocycles. The van der Waals surface area contributed by atoms with Crippen molar-refractivity contribution < 1.29 is 9.53 Å². The van der Waals surface area contributed by atoms with E-state index in [0.717, 1.165) is 13.0 Å². The van der Waals surface area contributed by atoms with Gasteiger partial charge in [0.1, 0.15) is 0 Å². The zero-order valence-electron chi connectivity index (χ0n) is 10.1. The van der Waals surface area contributed by atoms with Crippen molar-refractivity contribution in [3.63, 3.8) is 0 Å². The maximum atomic E-state index is 11.9. The van der Waals surface area contributed by atoms with Crippen LogP contribution >= 0.6 is 0 Å². The number of carbonyl (C=O) groups is 1. The zero-order valence-corrected chi connectivity index (χ0v) is 10.1. The number of methoxy groups -OCH3 is 1. The molecule has 1 saturated heterocycles. The minimum absolute atomic E-state index is 0.0106. The molecule has 0 radical (unpaired) electrons. The minimum Gasteiger partial charge on any atom is -0.379 e. The number of hydrogen-bond acceptors (Lipinski definition) is 3. The summed E-state index contributed by atoms with van der Waals surface area (Å²) in [4.78, 5) is 13.7. The average Bonchev–Trinajstić information content (AvgIpc) is 2.16. The van der Waals surface area contributed by atoms with Crippen LogP contribution in [0.3, 0.4) is 0 Å². The summed E-state index contributed by atoms with van der Waals surface area (Å²) >= 11 is 0. The summed E-state index contributed by atoms with van der Waals surface area (Å²) in [5, 5.41) is 0. The van der Waals surface area contributed by atoms with Gasteiger partial charge in [0.05, 0.1) is 11.6 Å². The molecule has 0 aromatic rings. The number of hydrogen-bond donors (Lipinski definition) is 1. The second-order valence-electron chi connectivity index (χ2n) is 5.01. The van der Waals surface area contributed by atoms with Crippen LogP contribution in [0.1, 0.15) is 27.2 Å². The van der Waals surface area contributed by atoms with Crippen LogP contribution in [-0.4, -0.2) is 42.6 Å². The molecular formula is C11H22N2O2. The molecule has 1 rings (SSSR count). The van der Waals surface area contributed by atoms with Crippen LogP contribution in [0.15, 0.2) is 0 Å². The molecule has 1 heterocycles. The van der Waals surface area contributed by atoms with Gasteiger partial charge >= 0.3 is 0 Å². The Bertz CT molecular complexity index is 235. The summed E-state index contributed by atoms with van der Waals surface area (Å²) < 4.78 is 5.36. The summed E-state index contributed by atoms with van der Waals surface area (Å²) in [5.74, 6) is 0.524. The number of amides is 1. The van der Waals surface area contributed by atoms with E-state index >= 15 is 0 Å². The molecule has 0 aromatic heterocycles. The van der Waals surface area contributed by atoms with Crippen LogP contribution in [0.5, 0.6) is 0 Å². The molecular weight excluding hydrogens is 192 g/mol. The lowest BCUT2D eigenvalue weighted by Gasteiger charge is -2.38. The van der Waals surface area contributed by atoms with E-state index in [1.165, 1.54) is 0 Å². The third kappa shape index (κ3) is 2.92. The highest BCUT2D eigenvalue weighted by Crippen LogP contribution is 2.21. The summed E-state index contributed by atoms with van der Waals surface area (Å²) in [5.41, 5.74) is 5.02. The first-order valence-electron chi connectivity index (χ1n) is 5.47. The molecule has 4 nitrogen and oxygen atoms in total. The molecule has 1 aliphatic rings. The average molecular weight is 214 g/mol. The van der Waals surface area contributed by atoms with E-state index in [9.17, 15) is 4.79 Å². The van der Waals surface area contributed by atoms with Gasteiger partial charge in [-0.05, 0) is 26.2 Å². The van der Waals surface area contributed by atoms with Crippen molar-refractivity contribution in [1.29, 1.82) is 0 Å². The summed E-state index contributed by atoms with van der Waals surface area (Å²) in [6.45, 7) is 7.10. The molecule has 1 amide bonds. The van der Waals surface area contributed by atoms with Crippen molar-refractivity contribution in [2.24, 2.45) is 11.7 Å². The van der Waals surface area contributed by atoms with Crippen LogP contribution in [0.25, 0.3) is 0 Å². The molecule has 15 heavy (non-hydrogen) atoms. The number of nitrogens with two attached hydrogens (primary N) is 1. The van der Waals surface area contributed by atoms with Crippen molar-refractivity contribution in [2.75, 3.05) is 20.2 Å². The van der Waals surface area contributed by atoms with Gasteiger partial charge < -0.3 is 15.4 Å². The Labute approximate surface area is 91.8 Å². The largest absolute Gasteiger partial charge is 0.379 e. The maximum Gasteiger partial charge on any atom is 0.242 e. The predicted octanol–water partition coefficient (Wildman–Crippen LogP) is 0.607. The lowest BCUT2D eigenvalue weighted by Crippen LogP contribution is -2.56. The summed E-state index contributed by atoms with van der Waals surface area (Å²) in [6, 6.07) is 0. The molecule has 0 aliphatic carbocycles. The van der Waals surface area contributed by atoms with Crippen molar-refractivity contribution >= 4 is 5.91 Å². The van der Waals surface area contributed by atoms with Crippen molar-refractivity contribution in [3.05, 3.63) is 0 Å². The van der Waals surface area contributed by atoms with Gasteiger partial charge in [-0.1, -0.05) is 6.92 Å². The van der Waals surface area contributed by atoms with Crippen LogP contribution in [-0.2, 0) is 9.53 Å². The van der Waals surface area contributed by atoms with E-state index in [-0.39, 0.29) is 12.0 Å². The first-order valence-corrected chi connectivity index (χ1v) is 5.47. The molecule has 1 fully saturated rings. The minimum atomic E-state index is -0.779. The van der Waals surface area contributed by atoms with E-state index in [0.29, 0.717) is 12.5 Å². The molecule has 4 heteroatoms. The van der Waals surface area contributed by atoms with Gasteiger partial charge in [0.15, 0.2) is 0 Å². The van der Waals surface area contributed by atoms with Crippen molar-refractivity contribution in [3.8, 4) is 0 Å². The zero-order chi connectivity index (χ0) is 11.6. The topological polar surface area (TPSA) is 55.6 Å². The molecule has 2 atom stereocenters. The summed E-state index contributed by atoms with van der Waals surface area (Å²) in [6.07, 6.45) is 1.13. The summed E-state index contributed by atoms with van der Waals surface area (Å²) in [7, 11) is 1.70. The van der Waals surface area contributed by atoms with E-state index in [2.05, 4.69) is 6.92 Å². The van der Waals surface area contributed by atoms with Gasteiger partial charge in [-0.25, -0.2) is 0 Å². The van der Waals surface area contributed by atoms with E-state index in [1.807, 2.05) is 4.90 Å². The van der Waals surface area contributed by atoms with Crippen LogP contribution < -0.4 is 5.73 Å². The fourth-order valence-corrected chi connectivity index (χ4v) is 1.93. The van der Waals surface area contributed by atoms with Gasteiger partial charge in [-0.3, -0.25) is 4.79 Å². The van der Waals surface area contributed by atoms with Crippen LogP contribution in [0.2, 0.25) is 0 Å². The SMILES string of the molecule is COC1CN(C(=O)C(C)(C)N)CCC1C. The molecule has 2 unspecified atom stereocenters. The number of likely N-dealkylation sites (tertiary alicyclic amines) is 1. The Kier molecular flexibility index (Phi) is 3.73. The number of ether oxygens (including phenoxy) is 1. The lowest BCUT2D eigenvalue weighted by atomic mass is 9.94. The standard InChI is InChI=1S/C11H22N2O2/c1-8-5-6-13(7-9(8)15-4)10(14)11(2,3)12/h8-9H,5-7,12H2,1-4H3. The van der Waals surface area contributed by atoms with E-state index < -0.39 is 5.54 Å². The number of nitrogens with zero attached hydrogens (tertiary/aromatic N) is 1. The maximum absolute atomic E-state index is 11.9. The second kappa shape index (κ2) is 4.49. The third-order valence-electron chi connectivity index (χ3n) is 3.03. The van der Waals surface area contributed by atoms with Crippen LogP contribution in [0, 0.1) is 5.92 Å². The van der Waals surface area contributed by atoms with Crippen molar-refractivity contribution in [1.82, 2.24) is 4.90 Å². The quantitative estimate of drug-likeness (QED) is 0.732. The fourth-order valence-electron chi connectivity index (χ4n) is 1.93. The highest BCUT2D eigenvalue weighted by molar-refractivity contribution is 5.85. The van der Waals surface area contributed by atoms with Crippen LogP contribution in [0.4, 0.5) is 0 Å². The Morgan fingerprint density at radius 3 is 2.60 bits per heavy atom. The Hall–Kier alpha value is -0.610. The Balaban J connectivity index is 2.62. The molecule has 0 aromatic carbocycles. The fraction of sp³-hybridized carbons (Fsp3) is 0.909. The first-order chi connectivity index (χ1) is 6.86. The Morgan fingerprint density at radius 2 is 2.13 bits per heavy atom. The molecule has 0 bridgehead atoms. The van der Waals surface area contributed by atoms with Gasteiger partial charge in [-0.15, -0.1) is 0 Å². The molecule has 0 spiro atoms. The van der Waals surface area contributed by atoms with Gasteiger partial charge in [0.25, 0.3) is 0 Å². The van der Waals surface area contributed by atoms with E-state index in [1.54, 1.807) is 21.0 Å². The number of piperidine rings is 1. The Morgan fingerprint density at radius 1 is 1.53 bits per heavy atom. The molecule has 0 saturated carbocycles. The molecule has 88 valence electrons. The normalized spacial score (nSPS) is 27.9.